The first-order valence-electron chi connectivity index (χ1n) is 10.7. The summed E-state index contributed by atoms with van der Waals surface area (Å²) >= 11 is 0. The second-order valence-electron chi connectivity index (χ2n) is 7.33. The third kappa shape index (κ3) is 4.64. The zero-order valence-electron chi connectivity index (χ0n) is 17.8. The molecule has 0 saturated heterocycles. The summed E-state index contributed by atoms with van der Waals surface area (Å²) in [6.45, 7) is 0. The third-order valence-electron chi connectivity index (χ3n) is 5.32. The van der Waals surface area contributed by atoms with Crippen LogP contribution in [0.25, 0.3) is 0 Å². The van der Waals surface area contributed by atoms with Gasteiger partial charge in [0.1, 0.15) is 28.5 Å². The molecule has 5 aromatic rings. The van der Waals surface area contributed by atoms with Crippen LogP contribution in [0.5, 0.6) is 5.75 Å². The molecule has 0 aliphatic rings. The quantitative estimate of drug-likeness (QED) is 0.364. The molecule has 0 fully saturated rings. The zero-order chi connectivity index (χ0) is 22.1. The van der Waals surface area contributed by atoms with E-state index in [0.29, 0.717) is 0 Å². The Morgan fingerprint density at radius 1 is 0.312 bits per heavy atom. The van der Waals surface area contributed by atoms with E-state index >= 15 is 0 Å². The van der Waals surface area contributed by atoms with Crippen molar-refractivity contribution in [3.63, 3.8) is 0 Å². The highest BCUT2D eigenvalue weighted by Gasteiger charge is 2.47. The average molecular weight is 433 g/mol. The van der Waals surface area contributed by atoms with E-state index in [1.807, 2.05) is 6.07 Å². The molecule has 1 nitrogen and oxygen atoms in total. The molecule has 5 aromatic carbocycles. The van der Waals surface area contributed by atoms with Crippen molar-refractivity contribution in [3.05, 3.63) is 152 Å². The molecule has 0 N–H and O–H groups in total. The van der Waals surface area contributed by atoms with Gasteiger partial charge >= 0.3 is 0 Å². The minimum absolute atomic E-state index is 0.0718. The molecule has 0 amide bonds. The summed E-state index contributed by atoms with van der Waals surface area (Å²) in [6, 6.07) is 52.2. The summed E-state index contributed by atoms with van der Waals surface area (Å²) in [4.78, 5) is 0. The van der Waals surface area contributed by atoms with Crippen LogP contribution in [0.2, 0.25) is 0 Å². The fourth-order valence-electron chi connectivity index (χ4n) is 3.92. The minimum Gasteiger partial charge on any atom is -0.872 e. The lowest BCUT2D eigenvalue weighted by Crippen LogP contribution is -2.38. The molecule has 0 radical (unpaired) electrons. The molecule has 0 heterocycles. The number of benzene rings is 5. The Morgan fingerprint density at radius 3 is 0.719 bits per heavy atom. The Hall–Kier alpha value is -3.67. The van der Waals surface area contributed by atoms with Crippen molar-refractivity contribution in [2.45, 2.75) is 0 Å². The van der Waals surface area contributed by atoms with Crippen molar-refractivity contribution in [2.75, 3.05) is 0 Å². The van der Waals surface area contributed by atoms with E-state index in [4.69, 9.17) is 0 Å². The van der Waals surface area contributed by atoms with E-state index in [2.05, 4.69) is 121 Å². The maximum atomic E-state index is 10.3. The third-order valence-corrected chi connectivity index (χ3v) is 9.61. The molecule has 0 unspecified atom stereocenters. The lowest BCUT2D eigenvalue weighted by atomic mass is 10.3. The van der Waals surface area contributed by atoms with Crippen molar-refractivity contribution in [2.24, 2.45) is 0 Å². The molecular weight excluding hydrogens is 407 g/mol. The second kappa shape index (κ2) is 10.6. The van der Waals surface area contributed by atoms with Crippen LogP contribution in [0.15, 0.2) is 152 Å². The van der Waals surface area contributed by atoms with Gasteiger partial charge in [-0.15, -0.1) is 5.75 Å². The van der Waals surface area contributed by atoms with Crippen molar-refractivity contribution < 1.29 is 5.11 Å². The number of para-hydroxylation sites is 1. The number of hydrogen-bond acceptors (Lipinski definition) is 1. The van der Waals surface area contributed by atoms with E-state index in [1.165, 1.54) is 33.4 Å². The van der Waals surface area contributed by atoms with Crippen LogP contribution in [0.1, 0.15) is 0 Å². The largest absolute Gasteiger partial charge is 0.872 e. The fourth-order valence-corrected chi connectivity index (χ4v) is 8.19. The fraction of sp³-hybridized carbons (Fsp3) is 0. The molecule has 32 heavy (non-hydrogen) atoms. The maximum Gasteiger partial charge on any atom is 0.144 e. The second-order valence-corrected chi connectivity index (χ2v) is 10.7. The molecule has 0 spiro atoms. The van der Waals surface area contributed by atoms with Crippen LogP contribution < -0.4 is 26.3 Å². The van der Waals surface area contributed by atoms with Crippen LogP contribution >= 0.6 is 7.26 Å². The zero-order valence-corrected chi connectivity index (χ0v) is 18.7. The van der Waals surface area contributed by atoms with Crippen molar-refractivity contribution in [1.29, 1.82) is 0 Å². The molecule has 0 bridgehead atoms. The highest BCUT2D eigenvalue weighted by atomic mass is 31.2. The van der Waals surface area contributed by atoms with Gasteiger partial charge in [-0.25, -0.2) is 0 Å². The van der Waals surface area contributed by atoms with E-state index in [0.717, 1.165) is 0 Å². The predicted molar refractivity (Wildman–Crippen MR) is 137 cm³/mol. The normalized spacial score (nSPS) is 10.6. The molecule has 0 aliphatic carbocycles. The van der Waals surface area contributed by atoms with Crippen LogP contribution in [-0.2, 0) is 0 Å². The lowest BCUT2D eigenvalue weighted by Gasteiger charge is -2.27. The van der Waals surface area contributed by atoms with Crippen LogP contribution in [0.3, 0.4) is 0 Å². The first-order valence-corrected chi connectivity index (χ1v) is 12.4. The van der Waals surface area contributed by atoms with Gasteiger partial charge in [-0.3, -0.25) is 0 Å². The van der Waals surface area contributed by atoms with E-state index in [1.54, 1.807) is 12.1 Å². The highest BCUT2D eigenvalue weighted by Crippen LogP contribution is 2.53. The van der Waals surface area contributed by atoms with Gasteiger partial charge in [-0.05, 0) is 48.5 Å². The topological polar surface area (TPSA) is 23.1 Å². The van der Waals surface area contributed by atoms with Gasteiger partial charge in [0, 0.05) is 0 Å². The first kappa shape index (κ1) is 21.6. The number of hydrogen-bond donors (Lipinski definition) is 0. The van der Waals surface area contributed by atoms with Gasteiger partial charge in [0.15, 0.2) is 0 Å². The van der Waals surface area contributed by atoms with Crippen LogP contribution in [0.4, 0.5) is 0 Å². The average Bonchev–Trinajstić information content (AvgIpc) is 2.88. The van der Waals surface area contributed by atoms with Crippen molar-refractivity contribution in [3.8, 4) is 5.75 Å². The van der Waals surface area contributed by atoms with Gasteiger partial charge in [0.05, 0.1) is 0 Å². The molecule has 0 saturated carbocycles. The first-order chi connectivity index (χ1) is 15.8. The molecule has 0 atom stereocenters. The maximum absolute atomic E-state index is 10.3. The summed E-state index contributed by atoms with van der Waals surface area (Å²) < 4.78 is 0. The van der Waals surface area contributed by atoms with Gasteiger partial charge in [-0.2, -0.15) is 0 Å². The van der Waals surface area contributed by atoms with Gasteiger partial charge in [0.2, 0.25) is 0 Å². The highest BCUT2D eigenvalue weighted by molar-refractivity contribution is 8.01. The smallest absolute Gasteiger partial charge is 0.144 e. The molecule has 0 aromatic heterocycles. The minimum atomic E-state index is -1.91. The summed E-state index contributed by atoms with van der Waals surface area (Å²) in [6.07, 6.45) is 0. The summed E-state index contributed by atoms with van der Waals surface area (Å²) in [5.74, 6) is 0.0718. The number of rotatable bonds is 4. The van der Waals surface area contributed by atoms with Crippen LogP contribution in [-0.4, -0.2) is 0 Å². The molecular formula is C30H25OP. The summed E-state index contributed by atoms with van der Waals surface area (Å²) in [5, 5.41) is 15.8. The Balaban J connectivity index is 0.000000300. The van der Waals surface area contributed by atoms with E-state index < -0.39 is 7.26 Å². The van der Waals surface area contributed by atoms with Gasteiger partial charge in [-0.1, -0.05) is 103 Å². The predicted octanol–water partition coefficient (Wildman–Crippen LogP) is 5.07. The molecule has 2 heteroatoms. The van der Waals surface area contributed by atoms with E-state index in [-0.39, 0.29) is 5.75 Å². The van der Waals surface area contributed by atoms with Gasteiger partial charge in [0.25, 0.3) is 0 Å². The molecule has 156 valence electrons. The SMILES string of the molecule is [O-]c1ccccc1.c1ccc([P+](c2ccccc2)(c2ccccc2)c2ccccc2)cc1. The Labute approximate surface area is 191 Å². The lowest BCUT2D eigenvalue weighted by molar-refractivity contribution is -0.268. The van der Waals surface area contributed by atoms with Gasteiger partial charge < -0.3 is 5.11 Å². The molecule has 0 aliphatic heterocycles. The van der Waals surface area contributed by atoms with Crippen molar-refractivity contribution >= 4 is 28.5 Å². The van der Waals surface area contributed by atoms with Crippen molar-refractivity contribution in [1.82, 2.24) is 0 Å². The molecule has 5 rings (SSSR count). The monoisotopic (exact) mass is 432 g/mol. The Bertz CT molecular complexity index is 1030. The summed E-state index contributed by atoms with van der Waals surface area (Å²) in [5.41, 5.74) is 0. The standard InChI is InChI=1S/C24H20P.C6H6O/c1-5-13-21(14-6-1)25(22-15-7-2-8-16-22,23-17-9-3-10-18-23)24-19-11-4-12-20-24;7-6-4-2-1-3-5-6/h1-20H;1-5,7H/q+1;/p-1. The Kier molecular flexibility index (Phi) is 7.12. The van der Waals surface area contributed by atoms with E-state index in [9.17, 15) is 5.11 Å². The van der Waals surface area contributed by atoms with Crippen LogP contribution in [0, 0.1) is 0 Å². The summed E-state index contributed by atoms with van der Waals surface area (Å²) in [7, 11) is -1.91. The Morgan fingerprint density at radius 2 is 0.531 bits per heavy atom.